The molecule has 22 heavy (non-hydrogen) atoms. The molecule has 0 N–H and O–H groups in total. The Balaban J connectivity index is 1.97. The molecular weight excluding hydrogens is 276 g/mol. The second-order valence-electron chi connectivity index (χ2n) is 4.94. The molecule has 0 saturated heterocycles. The third-order valence-electron chi connectivity index (χ3n) is 3.53. The van der Waals surface area contributed by atoms with E-state index < -0.39 is 0 Å². The summed E-state index contributed by atoms with van der Waals surface area (Å²) in [6.45, 7) is 0.599. The highest BCUT2D eigenvalue weighted by atomic mass is 16.5. The molecule has 4 heteroatoms. The smallest absolute Gasteiger partial charge is 0.153 e. The minimum Gasteiger partial charge on any atom is -0.497 e. The van der Waals surface area contributed by atoms with Gasteiger partial charge in [0.15, 0.2) is 6.29 Å². The zero-order valence-corrected chi connectivity index (χ0v) is 12.3. The molecule has 0 fully saturated rings. The molecule has 0 saturated carbocycles. The Morgan fingerprint density at radius 1 is 1.09 bits per heavy atom. The minimum atomic E-state index is 0.597. The Kier molecular flexibility index (Phi) is 4.01. The molecule has 1 aromatic heterocycles. The van der Waals surface area contributed by atoms with E-state index in [4.69, 9.17) is 4.74 Å². The quantitative estimate of drug-likeness (QED) is 0.677. The fourth-order valence-electron chi connectivity index (χ4n) is 2.42. The van der Waals surface area contributed by atoms with Gasteiger partial charge in [-0.1, -0.05) is 42.5 Å². The topological polar surface area (TPSA) is 44.1 Å². The molecule has 110 valence electrons. The number of benzene rings is 2. The fraction of sp³-hybridized carbons (Fsp3) is 0.111. The van der Waals surface area contributed by atoms with Gasteiger partial charge in [-0.05, 0) is 17.7 Å². The van der Waals surface area contributed by atoms with Crippen LogP contribution in [0.15, 0.2) is 60.8 Å². The summed E-state index contributed by atoms with van der Waals surface area (Å²) >= 11 is 0. The van der Waals surface area contributed by atoms with E-state index in [0.29, 0.717) is 12.1 Å². The van der Waals surface area contributed by atoms with Crippen molar-refractivity contribution in [2.24, 2.45) is 0 Å². The number of ether oxygens (including phenoxy) is 1. The van der Waals surface area contributed by atoms with E-state index in [1.54, 1.807) is 13.3 Å². The van der Waals surface area contributed by atoms with Gasteiger partial charge in [0.25, 0.3) is 0 Å². The number of hydrogen-bond acceptors (Lipinski definition) is 3. The van der Waals surface area contributed by atoms with Gasteiger partial charge < -0.3 is 4.74 Å². The number of aldehydes is 1. The molecule has 0 aliphatic rings. The molecule has 2 aromatic carbocycles. The van der Waals surface area contributed by atoms with Crippen LogP contribution < -0.4 is 4.74 Å². The van der Waals surface area contributed by atoms with E-state index >= 15 is 0 Å². The molecule has 0 bridgehead atoms. The number of hydrogen-bond donors (Lipinski definition) is 0. The van der Waals surface area contributed by atoms with Crippen LogP contribution in [0.3, 0.4) is 0 Å². The van der Waals surface area contributed by atoms with Crippen LogP contribution >= 0.6 is 0 Å². The van der Waals surface area contributed by atoms with E-state index in [0.717, 1.165) is 28.9 Å². The normalized spacial score (nSPS) is 10.4. The fourth-order valence-corrected chi connectivity index (χ4v) is 2.42. The van der Waals surface area contributed by atoms with Crippen LogP contribution in [0.25, 0.3) is 11.3 Å². The first-order valence-corrected chi connectivity index (χ1v) is 7.01. The molecule has 0 radical (unpaired) electrons. The van der Waals surface area contributed by atoms with Crippen molar-refractivity contribution < 1.29 is 9.53 Å². The first-order chi connectivity index (χ1) is 10.8. The lowest BCUT2D eigenvalue weighted by Crippen LogP contribution is -2.04. The van der Waals surface area contributed by atoms with Crippen molar-refractivity contribution in [1.29, 1.82) is 0 Å². The summed E-state index contributed by atoms with van der Waals surface area (Å²) in [7, 11) is 1.65. The van der Waals surface area contributed by atoms with Crippen LogP contribution in [0.1, 0.15) is 15.9 Å². The highest BCUT2D eigenvalue weighted by Crippen LogP contribution is 2.23. The lowest BCUT2D eigenvalue weighted by molar-refractivity contribution is 0.112. The summed E-state index contributed by atoms with van der Waals surface area (Å²) < 4.78 is 7.01. The minimum absolute atomic E-state index is 0.597. The van der Waals surface area contributed by atoms with E-state index in [1.165, 1.54) is 0 Å². The standard InChI is InChI=1S/C18H16N2O2/c1-22-17-9-7-14(8-10-17)12-20-18(16(13-21)11-19-20)15-5-3-2-4-6-15/h2-11,13H,12H2,1H3. The van der Waals surface area contributed by atoms with Gasteiger partial charge in [-0.2, -0.15) is 5.10 Å². The van der Waals surface area contributed by atoms with Crippen molar-refractivity contribution in [3.8, 4) is 17.0 Å². The van der Waals surface area contributed by atoms with Crippen LogP contribution in [-0.4, -0.2) is 23.2 Å². The van der Waals surface area contributed by atoms with Crippen LogP contribution in [0.4, 0.5) is 0 Å². The molecule has 0 amide bonds. The third kappa shape index (κ3) is 2.76. The largest absolute Gasteiger partial charge is 0.497 e. The lowest BCUT2D eigenvalue weighted by Gasteiger charge is -2.09. The van der Waals surface area contributed by atoms with Gasteiger partial charge in [-0.3, -0.25) is 9.48 Å². The zero-order chi connectivity index (χ0) is 15.4. The highest BCUT2D eigenvalue weighted by Gasteiger charge is 2.12. The maximum Gasteiger partial charge on any atom is 0.153 e. The summed E-state index contributed by atoms with van der Waals surface area (Å²) in [4.78, 5) is 11.3. The van der Waals surface area contributed by atoms with Crippen molar-refractivity contribution in [3.05, 3.63) is 71.9 Å². The molecule has 0 aliphatic heterocycles. The van der Waals surface area contributed by atoms with Crippen molar-refractivity contribution in [3.63, 3.8) is 0 Å². The van der Waals surface area contributed by atoms with Crippen LogP contribution in [-0.2, 0) is 6.54 Å². The predicted octanol–water partition coefficient (Wildman–Crippen LogP) is 3.42. The van der Waals surface area contributed by atoms with Gasteiger partial charge in [0.05, 0.1) is 31.1 Å². The summed E-state index contributed by atoms with van der Waals surface area (Å²) in [6.07, 6.45) is 2.46. The van der Waals surface area contributed by atoms with Gasteiger partial charge in [0.1, 0.15) is 5.75 Å². The van der Waals surface area contributed by atoms with Gasteiger partial charge >= 0.3 is 0 Å². The lowest BCUT2D eigenvalue weighted by atomic mass is 10.1. The predicted molar refractivity (Wildman–Crippen MR) is 85.1 cm³/mol. The molecule has 0 atom stereocenters. The molecule has 3 rings (SSSR count). The summed E-state index contributed by atoms with van der Waals surface area (Å²) in [5, 5.41) is 4.36. The second kappa shape index (κ2) is 6.26. The highest BCUT2D eigenvalue weighted by molar-refractivity contribution is 5.85. The monoisotopic (exact) mass is 292 g/mol. The van der Waals surface area contributed by atoms with E-state index in [1.807, 2.05) is 59.3 Å². The molecule has 0 spiro atoms. The Morgan fingerprint density at radius 3 is 2.45 bits per heavy atom. The average molecular weight is 292 g/mol. The maximum absolute atomic E-state index is 11.3. The number of nitrogens with zero attached hydrogens (tertiary/aromatic N) is 2. The van der Waals surface area contributed by atoms with E-state index in [-0.39, 0.29) is 0 Å². The van der Waals surface area contributed by atoms with Crippen molar-refractivity contribution >= 4 is 6.29 Å². The van der Waals surface area contributed by atoms with Gasteiger partial charge in [0.2, 0.25) is 0 Å². The van der Waals surface area contributed by atoms with Gasteiger partial charge in [-0.15, -0.1) is 0 Å². The van der Waals surface area contributed by atoms with E-state index in [2.05, 4.69) is 5.10 Å². The second-order valence-corrected chi connectivity index (χ2v) is 4.94. The maximum atomic E-state index is 11.3. The van der Waals surface area contributed by atoms with Crippen LogP contribution in [0, 0.1) is 0 Å². The first kappa shape index (κ1) is 14.1. The van der Waals surface area contributed by atoms with Crippen molar-refractivity contribution in [1.82, 2.24) is 9.78 Å². The number of rotatable bonds is 5. The summed E-state index contributed by atoms with van der Waals surface area (Å²) in [5.41, 5.74) is 3.51. The van der Waals surface area contributed by atoms with Crippen LogP contribution in [0.5, 0.6) is 5.75 Å². The molecule has 0 unspecified atom stereocenters. The van der Waals surface area contributed by atoms with Gasteiger partial charge in [-0.25, -0.2) is 0 Å². The first-order valence-electron chi connectivity index (χ1n) is 7.01. The zero-order valence-electron chi connectivity index (χ0n) is 12.3. The van der Waals surface area contributed by atoms with Gasteiger partial charge in [0, 0.05) is 5.56 Å². The Hall–Kier alpha value is -2.88. The summed E-state index contributed by atoms with van der Waals surface area (Å²) in [5.74, 6) is 0.820. The number of carbonyl (C=O) groups excluding carboxylic acids is 1. The molecule has 4 nitrogen and oxygen atoms in total. The molecule has 3 aromatic rings. The molecular formula is C18H16N2O2. The summed E-state index contributed by atoms with van der Waals surface area (Å²) in [6, 6.07) is 17.6. The molecule has 0 aliphatic carbocycles. The Bertz CT molecular complexity index is 762. The van der Waals surface area contributed by atoms with Crippen molar-refractivity contribution in [2.45, 2.75) is 6.54 Å². The van der Waals surface area contributed by atoms with Crippen molar-refractivity contribution in [2.75, 3.05) is 7.11 Å². The Labute approximate surface area is 129 Å². The third-order valence-corrected chi connectivity index (χ3v) is 3.53. The average Bonchev–Trinajstić information content (AvgIpc) is 2.99. The van der Waals surface area contributed by atoms with E-state index in [9.17, 15) is 4.79 Å². The Morgan fingerprint density at radius 2 is 1.82 bits per heavy atom. The SMILES string of the molecule is COc1ccc(Cn2ncc(C=O)c2-c2ccccc2)cc1. The van der Waals surface area contributed by atoms with Crippen LogP contribution in [0.2, 0.25) is 0 Å². The molecule has 1 heterocycles. The number of carbonyl (C=O) groups is 1. The number of aromatic nitrogens is 2. The number of methoxy groups -OCH3 is 1.